The maximum Gasteiger partial charge on any atom is 0.298 e. The van der Waals surface area contributed by atoms with Gasteiger partial charge in [-0.05, 0) is 18.9 Å². The molecule has 0 spiro atoms. The summed E-state index contributed by atoms with van der Waals surface area (Å²) in [6, 6.07) is 0.980. The lowest BCUT2D eigenvalue weighted by molar-refractivity contribution is -0.501. The van der Waals surface area contributed by atoms with E-state index in [-0.39, 0.29) is 16.7 Å². The molecular formula is C11H15NO5S. The number of hydrogen-bond acceptors (Lipinski definition) is 4. The SMILES string of the molecule is O=S(=O)(O)c1ccoc1C=[N+]([O-])C1CCCCC1. The van der Waals surface area contributed by atoms with Crippen LogP contribution in [0.25, 0.3) is 0 Å². The lowest BCUT2D eigenvalue weighted by Gasteiger charge is -2.20. The minimum atomic E-state index is -4.36. The molecule has 1 aliphatic carbocycles. The van der Waals surface area contributed by atoms with Crippen LogP contribution in [0.4, 0.5) is 0 Å². The summed E-state index contributed by atoms with van der Waals surface area (Å²) in [5.74, 6) is -0.127. The van der Waals surface area contributed by atoms with Crippen molar-refractivity contribution in [1.29, 1.82) is 0 Å². The molecule has 1 fully saturated rings. The molecule has 0 bridgehead atoms. The van der Waals surface area contributed by atoms with E-state index in [1.54, 1.807) is 0 Å². The van der Waals surface area contributed by atoms with E-state index in [2.05, 4.69) is 0 Å². The van der Waals surface area contributed by atoms with Crippen LogP contribution in [-0.4, -0.2) is 30.0 Å². The quantitative estimate of drug-likeness (QED) is 0.298. The molecule has 1 aromatic rings. The Kier molecular flexibility index (Phi) is 3.72. The van der Waals surface area contributed by atoms with Gasteiger partial charge in [-0.3, -0.25) is 4.55 Å². The van der Waals surface area contributed by atoms with Crippen LogP contribution in [0.15, 0.2) is 21.6 Å². The Bertz CT molecular complexity index is 540. The third kappa shape index (κ3) is 2.91. The minimum absolute atomic E-state index is 0.127. The summed E-state index contributed by atoms with van der Waals surface area (Å²) in [5.41, 5.74) is 0. The molecule has 2 rings (SSSR count). The first-order valence-electron chi connectivity index (χ1n) is 5.84. The highest BCUT2D eigenvalue weighted by molar-refractivity contribution is 7.86. The fourth-order valence-corrected chi connectivity index (χ4v) is 2.76. The van der Waals surface area contributed by atoms with E-state index in [0.717, 1.165) is 55.4 Å². The summed E-state index contributed by atoms with van der Waals surface area (Å²) in [5, 5.41) is 11.9. The largest absolute Gasteiger partial charge is 0.624 e. The van der Waals surface area contributed by atoms with E-state index < -0.39 is 10.1 Å². The highest BCUT2D eigenvalue weighted by atomic mass is 32.2. The van der Waals surface area contributed by atoms with Crippen molar-refractivity contribution in [2.24, 2.45) is 0 Å². The van der Waals surface area contributed by atoms with Gasteiger partial charge >= 0.3 is 0 Å². The van der Waals surface area contributed by atoms with Gasteiger partial charge in [-0.25, -0.2) is 4.74 Å². The van der Waals surface area contributed by atoms with Crippen LogP contribution in [0.3, 0.4) is 0 Å². The third-order valence-corrected chi connectivity index (χ3v) is 4.01. The molecule has 0 aromatic carbocycles. The molecule has 1 heterocycles. The van der Waals surface area contributed by atoms with Gasteiger partial charge in [0.25, 0.3) is 10.1 Å². The fourth-order valence-electron chi connectivity index (χ4n) is 2.17. The fraction of sp³-hybridized carbons (Fsp3) is 0.545. The molecule has 1 saturated carbocycles. The lowest BCUT2D eigenvalue weighted by atomic mass is 9.96. The molecule has 0 atom stereocenters. The predicted octanol–water partition coefficient (Wildman–Crippen LogP) is 1.79. The van der Waals surface area contributed by atoms with Crippen LogP contribution >= 0.6 is 0 Å². The zero-order chi connectivity index (χ0) is 13.2. The second-order valence-corrected chi connectivity index (χ2v) is 5.79. The van der Waals surface area contributed by atoms with Crippen LogP contribution in [0.2, 0.25) is 0 Å². The van der Waals surface area contributed by atoms with Gasteiger partial charge < -0.3 is 9.62 Å². The smallest absolute Gasteiger partial charge is 0.298 e. The van der Waals surface area contributed by atoms with Crippen molar-refractivity contribution in [2.45, 2.75) is 43.0 Å². The lowest BCUT2D eigenvalue weighted by Crippen LogP contribution is -2.25. The van der Waals surface area contributed by atoms with Crippen molar-refractivity contribution in [1.82, 2.24) is 0 Å². The van der Waals surface area contributed by atoms with Gasteiger partial charge in [-0.2, -0.15) is 8.42 Å². The Morgan fingerprint density at radius 2 is 2.06 bits per heavy atom. The number of hydrogen-bond donors (Lipinski definition) is 1. The van der Waals surface area contributed by atoms with Gasteiger partial charge in [0.2, 0.25) is 12.0 Å². The molecule has 1 aliphatic rings. The van der Waals surface area contributed by atoms with Crippen molar-refractivity contribution in [2.75, 3.05) is 0 Å². The van der Waals surface area contributed by atoms with E-state index in [9.17, 15) is 13.6 Å². The highest BCUT2D eigenvalue weighted by Crippen LogP contribution is 2.20. The number of nitrogens with zero attached hydrogens (tertiary/aromatic N) is 1. The number of furan rings is 1. The van der Waals surface area contributed by atoms with E-state index >= 15 is 0 Å². The van der Waals surface area contributed by atoms with Crippen LogP contribution in [0, 0.1) is 5.21 Å². The molecule has 0 radical (unpaired) electrons. The Morgan fingerprint density at radius 1 is 1.39 bits per heavy atom. The average Bonchev–Trinajstić information content (AvgIpc) is 2.78. The molecule has 6 nitrogen and oxygen atoms in total. The van der Waals surface area contributed by atoms with Crippen LogP contribution in [0.1, 0.15) is 37.9 Å². The monoisotopic (exact) mass is 273 g/mol. The molecule has 1 N–H and O–H groups in total. The van der Waals surface area contributed by atoms with Gasteiger partial charge in [0.15, 0.2) is 6.04 Å². The summed E-state index contributed by atoms with van der Waals surface area (Å²) >= 11 is 0. The van der Waals surface area contributed by atoms with Crippen molar-refractivity contribution >= 4 is 16.3 Å². The molecule has 0 amide bonds. The summed E-state index contributed by atoms with van der Waals surface area (Å²) in [7, 11) is -4.36. The minimum Gasteiger partial charge on any atom is -0.624 e. The molecule has 7 heteroatoms. The van der Waals surface area contributed by atoms with E-state index in [1.165, 1.54) is 0 Å². The Labute approximate surface area is 105 Å². The van der Waals surface area contributed by atoms with E-state index in [0.29, 0.717) is 0 Å². The number of rotatable bonds is 3. The summed E-state index contributed by atoms with van der Waals surface area (Å²) < 4.78 is 36.7. The summed E-state index contributed by atoms with van der Waals surface area (Å²) in [6.07, 6.45) is 6.94. The maximum atomic E-state index is 11.9. The molecular weight excluding hydrogens is 258 g/mol. The van der Waals surface area contributed by atoms with Gasteiger partial charge in [-0.1, -0.05) is 6.42 Å². The van der Waals surface area contributed by atoms with Crippen LogP contribution in [-0.2, 0) is 10.1 Å². The van der Waals surface area contributed by atoms with Gasteiger partial charge in [0, 0.05) is 12.8 Å². The van der Waals surface area contributed by atoms with E-state index in [4.69, 9.17) is 8.97 Å². The molecule has 0 aliphatic heterocycles. The molecule has 0 saturated heterocycles. The van der Waals surface area contributed by atoms with Crippen molar-refractivity contribution < 1.29 is 22.1 Å². The standard InChI is InChI=1S/C11H15NO5S/c13-12(9-4-2-1-3-5-9)8-10-11(6-7-17-10)18(14,15)16/h6-9H,1-5H2,(H,14,15,16). The van der Waals surface area contributed by atoms with Crippen molar-refractivity contribution in [3.8, 4) is 0 Å². The highest BCUT2D eigenvalue weighted by Gasteiger charge is 2.23. The topological polar surface area (TPSA) is 93.6 Å². The summed E-state index contributed by atoms with van der Waals surface area (Å²) in [4.78, 5) is -0.376. The Hall–Kier alpha value is -1.34. The van der Waals surface area contributed by atoms with Crippen molar-refractivity contribution in [3.63, 3.8) is 0 Å². The Balaban J connectivity index is 2.24. The normalized spacial score (nSPS) is 19.1. The average molecular weight is 273 g/mol. The second kappa shape index (κ2) is 5.11. The first kappa shape index (κ1) is 13.1. The van der Waals surface area contributed by atoms with Crippen LogP contribution in [0.5, 0.6) is 0 Å². The first-order valence-corrected chi connectivity index (χ1v) is 7.28. The summed E-state index contributed by atoms with van der Waals surface area (Å²) in [6.45, 7) is 0. The van der Waals surface area contributed by atoms with Crippen LogP contribution < -0.4 is 0 Å². The van der Waals surface area contributed by atoms with E-state index in [1.807, 2.05) is 0 Å². The number of hydroxylamine groups is 1. The van der Waals surface area contributed by atoms with Crippen molar-refractivity contribution in [3.05, 3.63) is 23.3 Å². The Morgan fingerprint density at radius 3 is 2.67 bits per heavy atom. The molecule has 18 heavy (non-hydrogen) atoms. The van der Waals surface area contributed by atoms with Gasteiger partial charge in [0.1, 0.15) is 4.90 Å². The molecule has 0 unspecified atom stereocenters. The van der Waals surface area contributed by atoms with Gasteiger partial charge in [0.05, 0.1) is 6.26 Å². The zero-order valence-electron chi connectivity index (χ0n) is 9.78. The zero-order valence-corrected chi connectivity index (χ0v) is 10.6. The maximum absolute atomic E-state index is 11.9. The third-order valence-electron chi connectivity index (χ3n) is 3.11. The van der Waals surface area contributed by atoms with Gasteiger partial charge in [-0.15, -0.1) is 0 Å². The molecule has 1 aromatic heterocycles. The molecule has 100 valence electrons. The second-order valence-electron chi connectivity index (χ2n) is 4.40. The predicted molar refractivity (Wildman–Crippen MR) is 64.2 cm³/mol. The first-order chi connectivity index (χ1) is 8.48.